The average Bonchev–Trinajstić information content (AvgIpc) is 3.29. The van der Waals surface area contributed by atoms with Gasteiger partial charge in [0, 0.05) is 27.6 Å². The Morgan fingerprint density at radius 1 is 1.11 bits per heavy atom. The van der Waals surface area contributed by atoms with Crippen LogP contribution >= 0.6 is 22.9 Å². The molecular weight excluding hydrogens is 394 g/mol. The maximum Gasteiger partial charge on any atom is 0.231 e. The number of nitrogens with zero attached hydrogens (tertiary/aromatic N) is 3. The van der Waals surface area contributed by atoms with Gasteiger partial charge in [0.25, 0.3) is 0 Å². The normalized spacial score (nSPS) is 14.2. The van der Waals surface area contributed by atoms with Gasteiger partial charge in [-0.25, -0.2) is 4.68 Å². The van der Waals surface area contributed by atoms with Crippen molar-refractivity contribution in [2.75, 3.05) is 6.79 Å². The van der Waals surface area contributed by atoms with E-state index in [1.807, 2.05) is 54.1 Å². The molecule has 2 aromatic carbocycles. The lowest BCUT2D eigenvalue weighted by atomic mass is 10.1. The number of hydrogen-bond donors (Lipinski definition) is 0. The topological polar surface area (TPSA) is 48.1 Å². The second kappa shape index (κ2) is 7.81. The zero-order valence-corrected chi connectivity index (χ0v) is 17.4. The highest BCUT2D eigenvalue weighted by molar-refractivity contribution is 7.07. The van der Waals surface area contributed by atoms with Gasteiger partial charge in [0.1, 0.15) is 0 Å². The molecule has 0 N–H and O–H groups in total. The second-order valence-electron chi connectivity index (χ2n) is 6.70. The van der Waals surface area contributed by atoms with Crippen LogP contribution in [0.3, 0.4) is 0 Å². The van der Waals surface area contributed by atoms with E-state index in [2.05, 4.69) is 19.2 Å². The summed E-state index contributed by atoms with van der Waals surface area (Å²) in [4.78, 5) is 5.58. The van der Waals surface area contributed by atoms with Crippen molar-refractivity contribution in [1.29, 1.82) is 0 Å². The third-order valence-corrected chi connectivity index (χ3v) is 5.32. The number of thiazole rings is 1. The third kappa shape index (κ3) is 3.84. The van der Waals surface area contributed by atoms with Crippen LogP contribution in [0.25, 0.3) is 11.3 Å². The van der Waals surface area contributed by atoms with E-state index in [4.69, 9.17) is 31.2 Å². The van der Waals surface area contributed by atoms with Gasteiger partial charge >= 0.3 is 0 Å². The quantitative estimate of drug-likeness (QED) is 0.553. The van der Waals surface area contributed by atoms with Gasteiger partial charge < -0.3 is 9.47 Å². The van der Waals surface area contributed by atoms with E-state index in [9.17, 15) is 0 Å². The van der Waals surface area contributed by atoms with Crippen molar-refractivity contribution in [1.82, 2.24) is 4.68 Å². The summed E-state index contributed by atoms with van der Waals surface area (Å²) < 4.78 is 12.8. The molecule has 28 heavy (non-hydrogen) atoms. The van der Waals surface area contributed by atoms with Crippen LogP contribution in [0.4, 0.5) is 0 Å². The average molecular weight is 414 g/mol. The number of hydrogen-bond acceptors (Lipinski definition) is 5. The smallest absolute Gasteiger partial charge is 0.231 e. The lowest BCUT2D eigenvalue weighted by Crippen LogP contribution is -2.16. The molecule has 144 valence electrons. The Hall–Kier alpha value is -2.57. The van der Waals surface area contributed by atoms with Crippen LogP contribution < -0.4 is 14.3 Å². The van der Waals surface area contributed by atoms with Gasteiger partial charge in [-0.2, -0.15) is 5.10 Å². The summed E-state index contributed by atoms with van der Waals surface area (Å²) in [7, 11) is 0. The van der Waals surface area contributed by atoms with E-state index in [1.54, 1.807) is 11.3 Å². The zero-order valence-electron chi connectivity index (χ0n) is 15.8. The van der Waals surface area contributed by atoms with Gasteiger partial charge in [0.2, 0.25) is 11.6 Å². The number of aromatic nitrogens is 1. The van der Waals surface area contributed by atoms with Gasteiger partial charge in [-0.1, -0.05) is 23.7 Å². The fourth-order valence-corrected chi connectivity index (χ4v) is 3.94. The molecule has 0 radical (unpaired) electrons. The van der Waals surface area contributed by atoms with Gasteiger partial charge in [-0.15, -0.1) is 11.3 Å². The fraction of sp³-hybridized carbons (Fsp3) is 0.238. The van der Waals surface area contributed by atoms with Gasteiger partial charge in [-0.3, -0.25) is 4.99 Å². The van der Waals surface area contributed by atoms with Crippen LogP contribution in [0, 0.1) is 0 Å². The standard InChI is InChI=1S/C21H20ClN3O2S/c1-13(2)23-21-25(18(11-28-21)15-4-7-17(22)8-5-15)24-14(3)16-6-9-19-20(10-16)27-12-26-19/h4-11,13H,12H2,1-3H3. The lowest BCUT2D eigenvalue weighted by molar-refractivity contribution is 0.174. The molecule has 0 saturated heterocycles. The minimum atomic E-state index is 0.170. The minimum absolute atomic E-state index is 0.170. The molecule has 0 aliphatic carbocycles. The van der Waals surface area contributed by atoms with Crippen molar-refractivity contribution in [2.45, 2.75) is 26.8 Å². The molecule has 3 aromatic rings. The Morgan fingerprint density at radius 3 is 2.61 bits per heavy atom. The van der Waals surface area contributed by atoms with Crippen molar-refractivity contribution in [3.8, 4) is 22.8 Å². The second-order valence-corrected chi connectivity index (χ2v) is 7.97. The van der Waals surface area contributed by atoms with Crippen LogP contribution in [0.15, 0.2) is 57.9 Å². The van der Waals surface area contributed by atoms with Crippen LogP contribution in [0.2, 0.25) is 5.02 Å². The van der Waals surface area contributed by atoms with Crippen molar-refractivity contribution in [2.24, 2.45) is 10.1 Å². The highest BCUT2D eigenvalue weighted by atomic mass is 35.5. The summed E-state index contributed by atoms with van der Waals surface area (Å²) in [5.74, 6) is 1.50. The number of ether oxygens (including phenoxy) is 2. The number of benzene rings is 2. The monoisotopic (exact) mass is 413 g/mol. The van der Waals surface area contributed by atoms with Gasteiger partial charge in [-0.05, 0) is 51.1 Å². The summed E-state index contributed by atoms with van der Waals surface area (Å²) >= 11 is 7.62. The predicted octanol–water partition coefficient (Wildman–Crippen LogP) is 5.18. The third-order valence-electron chi connectivity index (χ3n) is 4.23. The van der Waals surface area contributed by atoms with Gasteiger partial charge in [0.05, 0.1) is 11.4 Å². The van der Waals surface area contributed by atoms with E-state index in [0.717, 1.165) is 38.8 Å². The molecule has 5 nitrogen and oxygen atoms in total. The molecule has 0 saturated carbocycles. The van der Waals surface area contributed by atoms with Crippen LogP contribution in [-0.4, -0.2) is 23.2 Å². The molecule has 0 bridgehead atoms. The first-order valence-corrected chi connectivity index (χ1v) is 10.2. The highest BCUT2D eigenvalue weighted by Gasteiger charge is 2.15. The fourth-order valence-electron chi connectivity index (χ4n) is 2.85. The van der Waals surface area contributed by atoms with E-state index in [1.165, 1.54) is 0 Å². The molecule has 7 heteroatoms. The molecule has 0 amide bonds. The Bertz CT molecular complexity index is 1100. The zero-order chi connectivity index (χ0) is 19.7. The summed E-state index contributed by atoms with van der Waals surface area (Å²) in [6.45, 7) is 6.35. The van der Waals surface area contributed by atoms with Crippen LogP contribution in [-0.2, 0) is 0 Å². The molecule has 0 spiro atoms. The van der Waals surface area contributed by atoms with Crippen molar-refractivity contribution in [3.05, 3.63) is 63.2 Å². The Morgan fingerprint density at radius 2 is 1.86 bits per heavy atom. The summed E-state index contributed by atoms with van der Waals surface area (Å²) in [5, 5.41) is 7.66. The largest absolute Gasteiger partial charge is 0.454 e. The van der Waals surface area contributed by atoms with E-state index in [-0.39, 0.29) is 12.8 Å². The molecule has 1 aliphatic rings. The number of fused-ring (bicyclic) bond motifs is 1. The summed E-state index contributed by atoms with van der Waals surface area (Å²) in [5.41, 5.74) is 3.84. The molecule has 1 aliphatic heterocycles. The van der Waals surface area contributed by atoms with E-state index in [0.29, 0.717) is 5.02 Å². The van der Waals surface area contributed by atoms with Crippen molar-refractivity contribution >= 4 is 28.6 Å². The molecule has 2 heterocycles. The maximum atomic E-state index is 6.05. The molecule has 0 fully saturated rings. The van der Waals surface area contributed by atoms with Gasteiger partial charge in [0.15, 0.2) is 11.5 Å². The molecule has 1 aromatic heterocycles. The highest BCUT2D eigenvalue weighted by Crippen LogP contribution is 2.32. The minimum Gasteiger partial charge on any atom is -0.454 e. The molecule has 0 unspecified atom stereocenters. The molecular formula is C21H20ClN3O2S. The lowest BCUT2D eigenvalue weighted by Gasteiger charge is -2.07. The molecule has 4 rings (SSSR count). The molecule has 0 atom stereocenters. The van der Waals surface area contributed by atoms with Crippen LogP contribution in [0.1, 0.15) is 26.3 Å². The first-order chi connectivity index (χ1) is 13.5. The summed E-state index contributed by atoms with van der Waals surface area (Å²) in [6.07, 6.45) is 0. The Kier molecular flexibility index (Phi) is 5.24. The van der Waals surface area contributed by atoms with Crippen molar-refractivity contribution < 1.29 is 9.47 Å². The Balaban J connectivity index is 1.82. The maximum absolute atomic E-state index is 6.05. The SMILES string of the molecule is CC(=Nn1c(-c2ccc(Cl)cc2)csc1=NC(C)C)c1ccc2c(c1)OCO2. The number of rotatable bonds is 4. The first kappa shape index (κ1) is 18.8. The van der Waals surface area contributed by atoms with Crippen molar-refractivity contribution in [3.63, 3.8) is 0 Å². The van der Waals surface area contributed by atoms with E-state index >= 15 is 0 Å². The first-order valence-electron chi connectivity index (χ1n) is 8.97. The van der Waals surface area contributed by atoms with E-state index < -0.39 is 0 Å². The number of halogens is 1. The van der Waals surface area contributed by atoms with Crippen LogP contribution in [0.5, 0.6) is 11.5 Å². The summed E-state index contributed by atoms with van der Waals surface area (Å²) in [6, 6.07) is 13.8. The Labute approximate surface area is 172 Å². The predicted molar refractivity (Wildman–Crippen MR) is 114 cm³/mol.